The van der Waals surface area contributed by atoms with Crippen LogP contribution in [0.1, 0.15) is 31.4 Å². The third kappa shape index (κ3) is 6.40. The lowest BCUT2D eigenvalue weighted by molar-refractivity contribution is -0.0500. The van der Waals surface area contributed by atoms with Crippen molar-refractivity contribution in [1.82, 2.24) is 10.3 Å². The van der Waals surface area contributed by atoms with Gasteiger partial charge in [0, 0.05) is 6.04 Å². The molecule has 1 saturated carbocycles. The van der Waals surface area contributed by atoms with Gasteiger partial charge in [-0.15, -0.1) is 24.0 Å². The topological polar surface area (TPSA) is 72.5 Å². The molecule has 1 fully saturated rings. The van der Waals surface area contributed by atoms with Crippen molar-refractivity contribution in [3.05, 3.63) is 24.0 Å². The summed E-state index contributed by atoms with van der Waals surface area (Å²) in [6.07, 6.45) is 5.93. The number of hydrogen-bond donors (Lipinski definition) is 2. The molecule has 3 N–H and O–H groups in total. The first-order valence-corrected chi connectivity index (χ1v) is 6.59. The number of pyridine rings is 1. The van der Waals surface area contributed by atoms with E-state index in [4.69, 9.17) is 5.73 Å². The zero-order valence-electron chi connectivity index (χ0n) is 11.5. The van der Waals surface area contributed by atoms with E-state index < -0.39 is 6.61 Å². The van der Waals surface area contributed by atoms with Crippen LogP contribution in [0.2, 0.25) is 0 Å². The molecule has 8 heteroatoms. The lowest BCUT2D eigenvalue weighted by Crippen LogP contribution is -2.38. The summed E-state index contributed by atoms with van der Waals surface area (Å²) in [6, 6.07) is 3.43. The van der Waals surface area contributed by atoms with E-state index in [1.54, 1.807) is 6.07 Å². The number of ether oxygens (including phenoxy) is 1. The first kappa shape index (κ1) is 17.9. The molecule has 0 unspecified atom stereocenters. The Balaban J connectivity index is 0.00000220. The van der Waals surface area contributed by atoms with Gasteiger partial charge in [0.1, 0.15) is 5.75 Å². The fraction of sp³-hybridized carbons (Fsp3) is 0.538. The number of nitrogens with zero attached hydrogens (tertiary/aromatic N) is 2. The third-order valence-corrected chi connectivity index (χ3v) is 3.14. The molecule has 0 atom stereocenters. The molecule has 0 amide bonds. The number of aliphatic imine (C=N–C) groups is 1. The minimum Gasteiger partial charge on any atom is -0.433 e. The molecule has 0 saturated heterocycles. The SMILES string of the molecule is I.NC(=NCc1ccc(OC(F)F)cn1)NC1CCCC1. The zero-order chi connectivity index (χ0) is 14.4. The van der Waals surface area contributed by atoms with E-state index in [1.807, 2.05) is 0 Å². The highest BCUT2D eigenvalue weighted by molar-refractivity contribution is 14.0. The van der Waals surface area contributed by atoms with Crippen molar-refractivity contribution in [2.24, 2.45) is 10.7 Å². The van der Waals surface area contributed by atoms with Gasteiger partial charge in [-0.05, 0) is 25.0 Å². The van der Waals surface area contributed by atoms with Gasteiger partial charge in [0.2, 0.25) is 0 Å². The second-order valence-electron chi connectivity index (χ2n) is 4.69. The number of aromatic nitrogens is 1. The predicted octanol–water partition coefficient (Wildman–Crippen LogP) is 2.65. The monoisotopic (exact) mass is 412 g/mol. The molecule has 0 spiro atoms. The first-order chi connectivity index (χ1) is 9.63. The molecule has 5 nitrogen and oxygen atoms in total. The van der Waals surface area contributed by atoms with E-state index in [1.165, 1.54) is 25.1 Å². The van der Waals surface area contributed by atoms with Gasteiger partial charge in [-0.3, -0.25) is 4.98 Å². The molecule has 2 rings (SSSR count). The van der Waals surface area contributed by atoms with E-state index >= 15 is 0 Å². The Labute approximate surface area is 139 Å². The van der Waals surface area contributed by atoms with Crippen LogP contribution >= 0.6 is 24.0 Å². The van der Waals surface area contributed by atoms with Crippen molar-refractivity contribution < 1.29 is 13.5 Å². The number of nitrogens with two attached hydrogens (primary N) is 1. The van der Waals surface area contributed by atoms with E-state index in [0.29, 0.717) is 24.2 Å². The number of halogens is 3. The Morgan fingerprint density at radius 1 is 1.43 bits per heavy atom. The highest BCUT2D eigenvalue weighted by Crippen LogP contribution is 2.17. The van der Waals surface area contributed by atoms with Gasteiger partial charge in [-0.1, -0.05) is 12.8 Å². The van der Waals surface area contributed by atoms with Crippen LogP contribution in [0.4, 0.5) is 8.78 Å². The largest absolute Gasteiger partial charge is 0.433 e. The molecule has 21 heavy (non-hydrogen) atoms. The minimum absolute atomic E-state index is 0. The maximum Gasteiger partial charge on any atom is 0.387 e. The molecule has 1 heterocycles. The molecule has 1 aromatic rings. The van der Waals surface area contributed by atoms with Crippen LogP contribution in [0, 0.1) is 0 Å². The van der Waals surface area contributed by atoms with Gasteiger partial charge in [0.05, 0.1) is 18.4 Å². The molecule has 0 aliphatic heterocycles. The van der Waals surface area contributed by atoms with Gasteiger partial charge in [0.25, 0.3) is 0 Å². The molecule has 0 radical (unpaired) electrons. The molecular formula is C13H19F2IN4O. The van der Waals surface area contributed by atoms with Crippen LogP contribution in [0.5, 0.6) is 5.75 Å². The maximum atomic E-state index is 12.0. The van der Waals surface area contributed by atoms with Crippen molar-refractivity contribution in [1.29, 1.82) is 0 Å². The predicted molar refractivity (Wildman–Crippen MR) is 87.0 cm³/mol. The summed E-state index contributed by atoms with van der Waals surface area (Å²) in [5.41, 5.74) is 6.43. The number of alkyl halides is 2. The molecule has 1 aromatic heterocycles. The van der Waals surface area contributed by atoms with Crippen LogP contribution in [0.15, 0.2) is 23.3 Å². The molecule has 1 aliphatic carbocycles. The van der Waals surface area contributed by atoms with E-state index in [-0.39, 0.29) is 29.7 Å². The summed E-state index contributed by atoms with van der Waals surface area (Å²) >= 11 is 0. The fourth-order valence-corrected chi connectivity index (χ4v) is 2.17. The van der Waals surface area contributed by atoms with Crippen LogP contribution in [-0.4, -0.2) is 23.6 Å². The Morgan fingerprint density at radius 3 is 2.71 bits per heavy atom. The van der Waals surface area contributed by atoms with E-state index in [2.05, 4.69) is 20.0 Å². The summed E-state index contributed by atoms with van der Waals surface area (Å²) in [5, 5.41) is 3.16. The minimum atomic E-state index is -2.84. The second-order valence-corrected chi connectivity index (χ2v) is 4.69. The van der Waals surface area contributed by atoms with Crippen molar-refractivity contribution in [2.75, 3.05) is 0 Å². The summed E-state index contributed by atoms with van der Waals surface area (Å²) in [6.45, 7) is -2.53. The zero-order valence-corrected chi connectivity index (χ0v) is 13.8. The van der Waals surface area contributed by atoms with Crippen LogP contribution in [-0.2, 0) is 6.54 Å². The van der Waals surface area contributed by atoms with E-state index in [9.17, 15) is 8.78 Å². The Morgan fingerprint density at radius 2 is 2.14 bits per heavy atom. The number of guanidine groups is 1. The quantitative estimate of drug-likeness (QED) is 0.443. The Bertz CT molecular complexity index is 450. The van der Waals surface area contributed by atoms with Gasteiger partial charge < -0.3 is 15.8 Å². The molecule has 0 bridgehead atoms. The Kier molecular flexibility index (Phi) is 7.62. The van der Waals surface area contributed by atoms with Gasteiger partial charge in [0.15, 0.2) is 5.96 Å². The summed E-state index contributed by atoms with van der Waals surface area (Å²) in [4.78, 5) is 8.17. The molecular weight excluding hydrogens is 393 g/mol. The molecule has 118 valence electrons. The van der Waals surface area contributed by atoms with Crippen LogP contribution in [0.25, 0.3) is 0 Å². The lowest BCUT2D eigenvalue weighted by atomic mass is 10.2. The van der Waals surface area contributed by atoms with Gasteiger partial charge >= 0.3 is 6.61 Å². The lowest BCUT2D eigenvalue weighted by Gasteiger charge is -2.12. The summed E-state index contributed by atoms with van der Waals surface area (Å²) in [5.74, 6) is 0.427. The van der Waals surface area contributed by atoms with Crippen molar-refractivity contribution in [2.45, 2.75) is 44.9 Å². The van der Waals surface area contributed by atoms with Crippen molar-refractivity contribution >= 4 is 29.9 Å². The van der Waals surface area contributed by atoms with Crippen LogP contribution < -0.4 is 15.8 Å². The van der Waals surface area contributed by atoms with Crippen molar-refractivity contribution in [3.8, 4) is 5.75 Å². The maximum absolute atomic E-state index is 12.0. The summed E-state index contributed by atoms with van der Waals surface area (Å²) < 4.78 is 28.2. The fourth-order valence-electron chi connectivity index (χ4n) is 2.17. The standard InChI is InChI=1S/C13H18F2N4O.HI/c14-12(15)20-11-6-5-10(17-8-11)7-18-13(16)19-9-3-1-2-4-9;/h5-6,8-9,12H,1-4,7H2,(H3,16,18,19);1H. The number of rotatable bonds is 5. The average molecular weight is 412 g/mol. The number of hydrogen-bond acceptors (Lipinski definition) is 3. The van der Waals surface area contributed by atoms with E-state index in [0.717, 1.165) is 12.8 Å². The average Bonchev–Trinajstić information content (AvgIpc) is 2.90. The van der Waals surface area contributed by atoms with Gasteiger partial charge in [-0.25, -0.2) is 4.99 Å². The highest BCUT2D eigenvalue weighted by atomic mass is 127. The van der Waals surface area contributed by atoms with Crippen molar-refractivity contribution in [3.63, 3.8) is 0 Å². The molecule has 1 aliphatic rings. The first-order valence-electron chi connectivity index (χ1n) is 6.59. The normalized spacial score (nSPS) is 15.9. The molecule has 0 aromatic carbocycles. The Hall–Kier alpha value is -1.19. The highest BCUT2D eigenvalue weighted by Gasteiger charge is 2.14. The van der Waals surface area contributed by atoms with Gasteiger partial charge in [-0.2, -0.15) is 8.78 Å². The third-order valence-electron chi connectivity index (χ3n) is 3.14. The smallest absolute Gasteiger partial charge is 0.387 e. The summed E-state index contributed by atoms with van der Waals surface area (Å²) in [7, 11) is 0. The second kappa shape index (κ2) is 8.96. The number of nitrogens with one attached hydrogen (secondary N) is 1. The van der Waals surface area contributed by atoms with Crippen LogP contribution in [0.3, 0.4) is 0 Å².